The molecule has 0 saturated carbocycles. The van der Waals surface area contributed by atoms with Gasteiger partial charge in [0, 0.05) is 5.22 Å². The van der Waals surface area contributed by atoms with Gasteiger partial charge in [0.05, 0.1) is 5.56 Å². The van der Waals surface area contributed by atoms with Crippen LogP contribution >= 0.6 is 0 Å². The van der Waals surface area contributed by atoms with Crippen LogP contribution in [0.3, 0.4) is 0 Å². The van der Waals surface area contributed by atoms with Crippen molar-refractivity contribution in [2.24, 2.45) is 0 Å². The van der Waals surface area contributed by atoms with Gasteiger partial charge in [0.25, 0.3) is 0 Å². The van der Waals surface area contributed by atoms with E-state index in [0.717, 1.165) is 5.56 Å². The molecule has 0 unspecified atom stereocenters. The van der Waals surface area contributed by atoms with E-state index in [2.05, 4.69) is 0 Å². The van der Waals surface area contributed by atoms with Crippen LogP contribution in [0, 0.1) is 11.3 Å². The molecule has 0 radical (unpaired) electrons. The van der Waals surface area contributed by atoms with Crippen LogP contribution in [0.15, 0.2) is 41.0 Å². The number of nitrogens with zero attached hydrogens (tertiary/aromatic N) is 1. The fourth-order valence-electron chi connectivity index (χ4n) is 1.59. The molecule has 1 heterocycles. The topological polar surface area (TPSA) is 57.2 Å². The number of furan rings is 1. The molecule has 84 valence electrons. The van der Waals surface area contributed by atoms with E-state index in [0.29, 0.717) is 16.2 Å². The lowest BCUT2D eigenvalue weighted by Gasteiger charge is -1.90. The maximum Gasteiger partial charge on any atom is 0.172 e. The van der Waals surface area contributed by atoms with Crippen molar-refractivity contribution in [3.05, 3.63) is 58.4 Å². The molecule has 0 aliphatic heterocycles. The number of aliphatic hydroxyl groups is 1. The summed E-state index contributed by atoms with van der Waals surface area (Å²) in [6.45, 7) is 1.53. The standard InChI is InChI=1S/C14H11NO2/c1-10(16)14-13(12(8-15)9-17-14)7-11-5-3-2-4-6-11/h2-7,9,16H,1H3. The van der Waals surface area contributed by atoms with Gasteiger partial charge in [-0.15, -0.1) is 0 Å². The Labute approximate surface area is 98.6 Å². The van der Waals surface area contributed by atoms with Crippen LogP contribution in [0.4, 0.5) is 0 Å². The minimum Gasteiger partial charge on any atom is -0.509 e. The summed E-state index contributed by atoms with van der Waals surface area (Å²) in [5.41, 5.74) is 1.70. The molecule has 1 N–H and O–H groups in total. The van der Waals surface area contributed by atoms with E-state index < -0.39 is 0 Å². The van der Waals surface area contributed by atoms with Crippen molar-refractivity contribution in [1.29, 1.82) is 5.26 Å². The van der Waals surface area contributed by atoms with Crippen LogP contribution in [0.5, 0.6) is 0 Å². The first kappa shape index (κ1) is 11.0. The zero-order valence-corrected chi connectivity index (χ0v) is 9.34. The molecule has 2 rings (SSSR count). The molecule has 1 aromatic carbocycles. The van der Waals surface area contributed by atoms with Crippen LogP contribution in [0.2, 0.25) is 0 Å². The fraction of sp³-hybridized carbons (Fsp3) is 0.0714. The number of aliphatic hydroxyl groups excluding tert-OH is 1. The molecule has 0 amide bonds. The summed E-state index contributed by atoms with van der Waals surface area (Å²) in [4.78, 5) is 0. The Morgan fingerprint density at radius 1 is 1.35 bits per heavy atom. The van der Waals surface area contributed by atoms with Gasteiger partial charge >= 0.3 is 0 Å². The Balaban J connectivity index is 2.76. The first-order valence-corrected chi connectivity index (χ1v) is 5.16. The summed E-state index contributed by atoms with van der Waals surface area (Å²) in [6, 6.07) is 11.6. The zero-order chi connectivity index (χ0) is 12.3. The lowest BCUT2D eigenvalue weighted by Crippen LogP contribution is -2.24. The molecule has 0 spiro atoms. The van der Waals surface area contributed by atoms with Crippen LogP contribution < -0.4 is 10.6 Å². The highest BCUT2D eigenvalue weighted by molar-refractivity contribution is 5.53. The van der Waals surface area contributed by atoms with Crippen LogP contribution in [-0.2, 0) is 0 Å². The van der Waals surface area contributed by atoms with Gasteiger partial charge in [0.15, 0.2) is 5.42 Å². The van der Waals surface area contributed by atoms with Crippen LogP contribution in [-0.4, -0.2) is 5.11 Å². The fourth-order valence-corrected chi connectivity index (χ4v) is 1.59. The predicted molar refractivity (Wildman–Crippen MR) is 64.4 cm³/mol. The van der Waals surface area contributed by atoms with E-state index in [1.165, 1.54) is 13.2 Å². The first-order valence-electron chi connectivity index (χ1n) is 5.16. The summed E-state index contributed by atoms with van der Waals surface area (Å²) in [5.74, 6) is 0.0636. The van der Waals surface area contributed by atoms with Crippen molar-refractivity contribution in [2.45, 2.75) is 6.92 Å². The van der Waals surface area contributed by atoms with Crippen molar-refractivity contribution in [2.75, 3.05) is 0 Å². The maximum absolute atomic E-state index is 9.48. The highest BCUT2D eigenvalue weighted by Gasteiger charge is 2.03. The summed E-state index contributed by atoms with van der Waals surface area (Å²) < 4.78 is 5.18. The lowest BCUT2D eigenvalue weighted by atomic mass is 10.1. The minimum absolute atomic E-state index is 0.0636. The molecule has 0 fully saturated rings. The molecule has 1 aromatic heterocycles. The van der Waals surface area contributed by atoms with Crippen molar-refractivity contribution < 1.29 is 9.52 Å². The molecule has 0 atom stereocenters. The van der Waals surface area contributed by atoms with Gasteiger partial charge in [0.1, 0.15) is 18.1 Å². The largest absolute Gasteiger partial charge is 0.509 e. The van der Waals surface area contributed by atoms with E-state index in [9.17, 15) is 5.11 Å². The van der Waals surface area contributed by atoms with Gasteiger partial charge in [-0.05, 0) is 18.6 Å². The Hall–Kier alpha value is -2.47. The average Bonchev–Trinajstić information content (AvgIpc) is 2.73. The molecule has 0 bridgehead atoms. The molecule has 3 nitrogen and oxygen atoms in total. The number of rotatable bonds is 1. The quantitative estimate of drug-likeness (QED) is 0.803. The smallest absolute Gasteiger partial charge is 0.172 e. The van der Waals surface area contributed by atoms with Gasteiger partial charge in [0.2, 0.25) is 0 Å². The van der Waals surface area contributed by atoms with E-state index in [4.69, 9.17) is 9.68 Å². The SMILES string of the molecule is CC(O)=c1occ(C#N)c1=Cc1ccccc1. The number of hydrogen-bond acceptors (Lipinski definition) is 3. The van der Waals surface area contributed by atoms with Crippen molar-refractivity contribution in [1.82, 2.24) is 0 Å². The number of hydrogen-bond donors (Lipinski definition) is 1. The van der Waals surface area contributed by atoms with Gasteiger partial charge in [-0.25, -0.2) is 0 Å². The monoisotopic (exact) mass is 225 g/mol. The minimum atomic E-state index is 0.0636. The van der Waals surface area contributed by atoms with E-state index in [1.54, 1.807) is 0 Å². The van der Waals surface area contributed by atoms with Crippen molar-refractivity contribution in [3.63, 3.8) is 0 Å². The number of nitriles is 1. The zero-order valence-electron chi connectivity index (χ0n) is 9.34. The Morgan fingerprint density at radius 3 is 2.65 bits per heavy atom. The molecule has 0 aliphatic rings. The first-order chi connectivity index (χ1) is 8.22. The normalized spacial score (nSPS) is 13.3. The van der Waals surface area contributed by atoms with Gasteiger partial charge in [-0.3, -0.25) is 0 Å². The third-order valence-electron chi connectivity index (χ3n) is 2.39. The highest BCUT2D eigenvalue weighted by atomic mass is 16.3. The molecule has 17 heavy (non-hydrogen) atoms. The molecule has 0 aliphatic carbocycles. The Bertz CT molecular complexity index is 671. The molecule has 0 saturated heterocycles. The Kier molecular flexibility index (Phi) is 2.97. The third kappa shape index (κ3) is 2.21. The summed E-state index contributed by atoms with van der Waals surface area (Å²) in [6.07, 6.45) is 3.17. The lowest BCUT2D eigenvalue weighted by molar-refractivity contribution is 0.451. The maximum atomic E-state index is 9.48. The third-order valence-corrected chi connectivity index (χ3v) is 2.39. The average molecular weight is 225 g/mol. The van der Waals surface area contributed by atoms with Gasteiger partial charge in [-0.2, -0.15) is 5.26 Å². The summed E-state index contributed by atoms with van der Waals surface area (Å²) >= 11 is 0. The highest BCUT2D eigenvalue weighted by Crippen LogP contribution is 1.99. The molecule has 2 aromatic rings. The van der Waals surface area contributed by atoms with E-state index in [1.807, 2.05) is 42.5 Å². The van der Waals surface area contributed by atoms with Gasteiger partial charge < -0.3 is 9.52 Å². The molecular weight excluding hydrogens is 214 g/mol. The second-order valence-electron chi connectivity index (χ2n) is 3.64. The second kappa shape index (κ2) is 4.58. The molecular formula is C14H11NO2. The predicted octanol–water partition coefficient (Wildman–Crippen LogP) is 1.67. The van der Waals surface area contributed by atoms with Gasteiger partial charge in [-0.1, -0.05) is 30.3 Å². The van der Waals surface area contributed by atoms with Crippen molar-refractivity contribution in [3.8, 4) is 6.07 Å². The number of benzene rings is 1. The summed E-state index contributed by atoms with van der Waals surface area (Å²) in [7, 11) is 0. The summed E-state index contributed by atoms with van der Waals surface area (Å²) in [5, 5.41) is 19.1. The Morgan fingerprint density at radius 2 is 2.06 bits per heavy atom. The van der Waals surface area contributed by atoms with Crippen molar-refractivity contribution >= 4 is 11.8 Å². The van der Waals surface area contributed by atoms with Crippen LogP contribution in [0.25, 0.3) is 11.8 Å². The van der Waals surface area contributed by atoms with E-state index >= 15 is 0 Å². The second-order valence-corrected chi connectivity index (χ2v) is 3.64. The van der Waals surface area contributed by atoms with E-state index in [-0.39, 0.29) is 5.76 Å². The van der Waals surface area contributed by atoms with Crippen LogP contribution in [0.1, 0.15) is 18.1 Å². The molecule has 3 heteroatoms.